The first-order valence-electron chi connectivity index (χ1n) is 6.86. The van der Waals surface area contributed by atoms with Crippen LogP contribution in [0.3, 0.4) is 0 Å². The normalized spacial score (nSPS) is 21.5. The molecule has 1 N–H and O–H groups in total. The molecule has 15 heavy (non-hydrogen) atoms. The average molecular weight is 210 g/mol. The minimum atomic E-state index is -2.35. The van der Waals surface area contributed by atoms with E-state index in [1.165, 1.54) is 6.92 Å². The van der Waals surface area contributed by atoms with Gasteiger partial charge in [-0.05, 0) is 30.4 Å². The van der Waals surface area contributed by atoms with Crippen molar-refractivity contribution in [3.8, 4) is 0 Å². The quantitative estimate of drug-likeness (QED) is 0.829. The maximum Gasteiger partial charge on any atom is 0.310 e. The molecule has 2 heteroatoms. The fourth-order valence-corrected chi connectivity index (χ4v) is 1.37. The number of carbonyl (C=O) groups is 1. The van der Waals surface area contributed by atoms with Crippen molar-refractivity contribution in [3.05, 3.63) is 35.4 Å². The third-order valence-electron chi connectivity index (χ3n) is 2.32. The van der Waals surface area contributed by atoms with Crippen LogP contribution < -0.4 is 0 Å². The van der Waals surface area contributed by atoms with Gasteiger partial charge in [0.2, 0.25) is 0 Å². The molecule has 1 aromatic carbocycles. The summed E-state index contributed by atoms with van der Waals surface area (Å²) in [4.78, 5) is 10.8. The molecule has 0 saturated carbocycles. The highest BCUT2D eigenvalue weighted by atomic mass is 16.4. The smallest absolute Gasteiger partial charge is 0.310 e. The van der Waals surface area contributed by atoms with E-state index < -0.39 is 24.6 Å². The Morgan fingerprint density at radius 2 is 2.07 bits per heavy atom. The molecule has 2 atom stereocenters. The fraction of sp³-hybridized carbons (Fsp3) is 0.462. The number of aliphatic carboxylic acids is 1. The molecule has 0 aliphatic rings. The Kier molecular flexibility index (Phi) is 2.33. The average Bonchev–Trinajstić information content (AvgIpc) is 2.27. The second-order valence-corrected chi connectivity index (χ2v) is 3.76. The van der Waals surface area contributed by atoms with Gasteiger partial charge < -0.3 is 5.11 Å². The van der Waals surface area contributed by atoms with Crippen molar-refractivity contribution in [1.29, 1.82) is 0 Å². The summed E-state index contributed by atoms with van der Waals surface area (Å²) in [5.74, 6) is -3.05. The Morgan fingerprint density at radius 1 is 1.47 bits per heavy atom. The van der Waals surface area contributed by atoms with Crippen LogP contribution in [0.15, 0.2) is 24.3 Å². The molecule has 0 heterocycles. The molecule has 0 fully saturated rings. The van der Waals surface area contributed by atoms with Gasteiger partial charge in [-0.3, -0.25) is 4.79 Å². The predicted octanol–water partition coefficient (Wildman–Crippen LogP) is 3.07. The summed E-state index contributed by atoms with van der Waals surface area (Å²) < 4.78 is 29.8. The summed E-state index contributed by atoms with van der Waals surface area (Å²) >= 11 is 0. The maximum atomic E-state index is 10.8. The molecule has 82 valence electrons. The van der Waals surface area contributed by atoms with Gasteiger partial charge in [0.25, 0.3) is 0 Å². The lowest BCUT2D eigenvalue weighted by atomic mass is 9.97. The zero-order valence-corrected chi connectivity index (χ0v) is 8.95. The largest absolute Gasteiger partial charge is 0.481 e. The summed E-state index contributed by atoms with van der Waals surface area (Å²) in [5.41, 5.74) is 1.38. The van der Waals surface area contributed by atoms with Gasteiger partial charge in [-0.2, -0.15) is 0 Å². The van der Waals surface area contributed by atoms with Gasteiger partial charge in [-0.25, -0.2) is 0 Å². The molecule has 1 aromatic rings. The van der Waals surface area contributed by atoms with Crippen molar-refractivity contribution in [2.24, 2.45) is 5.89 Å². The molecule has 0 aromatic heterocycles. The molecule has 2 unspecified atom stereocenters. The van der Waals surface area contributed by atoms with Crippen molar-refractivity contribution in [2.45, 2.75) is 33.0 Å². The summed E-state index contributed by atoms with van der Waals surface area (Å²) in [6, 6.07) is 6.72. The van der Waals surface area contributed by atoms with Crippen molar-refractivity contribution >= 4 is 5.97 Å². The van der Waals surface area contributed by atoms with Gasteiger partial charge in [0, 0.05) is 5.48 Å². The number of carboxylic acids is 1. The van der Waals surface area contributed by atoms with Crippen molar-refractivity contribution in [1.82, 2.24) is 0 Å². The summed E-state index contributed by atoms with van der Waals surface area (Å²) in [6.45, 7) is 0.627. The lowest BCUT2D eigenvalue weighted by molar-refractivity contribution is -0.138. The molecule has 0 bridgehead atoms. The molecule has 0 saturated heterocycles. The van der Waals surface area contributed by atoms with E-state index in [0.717, 1.165) is 5.56 Å². The highest BCUT2D eigenvalue weighted by Crippen LogP contribution is 2.17. The SMILES string of the molecule is [2H]C([2H])([2H])C([2H])(C)Cc1ccc(C(C)C(=O)O)cc1. The number of hydrogen-bond acceptors (Lipinski definition) is 1. The number of carboxylic acid groups (broad SMARTS) is 1. The number of hydrogen-bond donors (Lipinski definition) is 1. The molecule has 0 aliphatic heterocycles. The van der Waals surface area contributed by atoms with Crippen LogP contribution in [0.1, 0.15) is 43.2 Å². The highest BCUT2D eigenvalue weighted by Gasteiger charge is 2.12. The fourth-order valence-electron chi connectivity index (χ4n) is 1.37. The van der Waals surface area contributed by atoms with Crippen LogP contribution in [0, 0.1) is 5.89 Å². The van der Waals surface area contributed by atoms with E-state index in [4.69, 9.17) is 10.6 Å². The third-order valence-corrected chi connectivity index (χ3v) is 2.32. The minimum Gasteiger partial charge on any atom is -0.481 e. The van der Waals surface area contributed by atoms with Gasteiger partial charge in [-0.1, -0.05) is 38.0 Å². The van der Waals surface area contributed by atoms with Crippen LogP contribution in [0.2, 0.25) is 0 Å². The van der Waals surface area contributed by atoms with E-state index in [1.54, 1.807) is 31.2 Å². The summed E-state index contributed by atoms with van der Waals surface area (Å²) in [6.07, 6.45) is 0.102. The lowest BCUT2D eigenvalue weighted by Gasteiger charge is -2.09. The second-order valence-electron chi connectivity index (χ2n) is 3.76. The van der Waals surface area contributed by atoms with Crippen molar-refractivity contribution < 1.29 is 15.4 Å². The standard InChI is InChI=1S/C13H18O2/c1-9(2)8-11-4-6-12(7-5-11)10(3)13(14)15/h4-7,9-10H,8H2,1-3H3,(H,14,15)/i1D3,9D. The Balaban J connectivity index is 2.86. The van der Waals surface area contributed by atoms with Crippen molar-refractivity contribution in [2.75, 3.05) is 0 Å². The van der Waals surface area contributed by atoms with Crippen LogP contribution >= 0.6 is 0 Å². The molecule has 0 spiro atoms. The maximum absolute atomic E-state index is 10.8. The first-order chi connectivity index (χ1) is 8.54. The van der Waals surface area contributed by atoms with Crippen LogP contribution in [-0.2, 0) is 11.2 Å². The molecular weight excluding hydrogens is 188 g/mol. The first-order valence-corrected chi connectivity index (χ1v) is 4.86. The predicted molar refractivity (Wildman–Crippen MR) is 61.0 cm³/mol. The van der Waals surface area contributed by atoms with Gasteiger partial charge in [0.05, 0.1) is 5.92 Å². The second kappa shape index (κ2) is 4.96. The van der Waals surface area contributed by atoms with Crippen LogP contribution in [0.4, 0.5) is 0 Å². The number of rotatable bonds is 4. The Hall–Kier alpha value is -1.31. The Labute approximate surface area is 96.6 Å². The Bertz CT molecular complexity index is 449. The lowest BCUT2D eigenvalue weighted by Crippen LogP contribution is -2.07. The van der Waals surface area contributed by atoms with Crippen LogP contribution in [0.5, 0.6) is 0 Å². The summed E-state index contributed by atoms with van der Waals surface area (Å²) in [7, 11) is 0. The monoisotopic (exact) mass is 210 g/mol. The van der Waals surface area contributed by atoms with Gasteiger partial charge in [0.1, 0.15) is 0 Å². The molecule has 0 radical (unpaired) electrons. The van der Waals surface area contributed by atoms with Gasteiger partial charge in [0.15, 0.2) is 0 Å². The number of benzene rings is 1. The zero-order chi connectivity index (χ0) is 14.8. The molecule has 0 amide bonds. The third kappa shape index (κ3) is 3.39. The van der Waals surface area contributed by atoms with E-state index in [1.807, 2.05) is 0 Å². The first kappa shape index (κ1) is 7.04. The van der Waals surface area contributed by atoms with E-state index in [2.05, 4.69) is 0 Å². The van der Waals surface area contributed by atoms with Crippen molar-refractivity contribution in [3.63, 3.8) is 0 Å². The van der Waals surface area contributed by atoms with E-state index in [0.29, 0.717) is 5.56 Å². The van der Waals surface area contributed by atoms with Gasteiger partial charge in [-0.15, -0.1) is 0 Å². The summed E-state index contributed by atoms with van der Waals surface area (Å²) in [5, 5.41) is 8.89. The van der Waals surface area contributed by atoms with Gasteiger partial charge >= 0.3 is 5.97 Å². The minimum absolute atomic E-state index is 0.102. The van der Waals surface area contributed by atoms with Crippen LogP contribution in [-0.4, -0.2) is 11.1 Å². The molecular formula is C13H18O2. The zero-order valence-electron chi connectivity index (χ0n) is 12.9. The molecule has 2 nitrogen and oxygen atoms in total. The topological polar surface area (TPSA) is 37.3 Å². The highest BCUT2D eigenvalue weighted by molar-refractivity contribution is 5.75. The van der Waals surface area contributed by atoms with Crippen LogP contribution in [0.25, 0.3) is 0 Å². The molecule has 1 rings (SSSR count). The van der Waals surface area contributed by atoms with E-state index >= 15 is 0 Å². The Morgan fingerprint density at radius 3 is 2.53 bits per heavy atom. The molecule has 0 aliphatic carbocycles. The van der Waals surface area contributed by atoms with E-state index in [-0.39, 0.29) is 6.42 Å². The van der Waals surface area contributed by atoms with E-state index in [9.17, 15) is 4.79 Å².